The van der Waals surface area contributed by atoms with Gasteiger partial charge >= 0.3 is 12.1 Å². The van der Waals surface area contributed by atoms with E-state index in [2.05, 4.69) is 10.1 Å². The minimum absolute atomic E-state index is 0.0306. The highest BCUT2D eigenvalue weighted by atomic mass is 19.4. The number of rotatable bonds is 2. The molecule has 0 amide bonds. The Bertz CT molecular complexity index is 715. The van der Waals surface area contributed by atoms with Gasteiger partial charge in [0.15, 0.2) is 5.69 Å². The van der Waals surface area contributed by atoms with Gasteiger partial charge in [-0.3, -0.25) is 4.98 Å². The Kier molecular flexibility index (Phi) is 3.15. The maximum absolute atomic E-state index is 13.0. The lowest BCUT2D eigenvalue weighted by molar-refractivity contribution is -0.143. The van der Waals surface area contributed by atoms with Crippen molar-refractivity contribution in [1.29, 1.82) is 5.26 Å². The standard InChI is InChI=1S/C11H5F3N4O2/c12-11(13,14)9-8(10(19)20)5-17-18(9)7-1-6(2-15)3-16-4-7/h1,3-5H,(H,19,20). The summed E-state index contributed by atoms with van der Waals surface area (Å²) in [7, 11) is 0. The zero-order valence-corrected chi connectivity index (χ0v) is 9.59. The summed E-state index contributed by atoms with van der Waals surface area (Å²) in [4.78, 5) is 14.4. The molecule has 0 radical (unpaired) electrons. The second-order valence-corrected chi connectivity index (χ2v) is 3.67. The maximum Gasteiger partial charge on any atom is 0.434 e. The van der Waals surface area contributed by atoms with E-state index in [0.29, 0.717) is 10.9 Å². The molecule has 0 unspecified atom stereocenters. The third-order valence-corrected chi connectivity index (χ3v) is 2.37. The number of aromatic nitrogens is 3. The van der Waals surface area contributed by atoms with Crippen molar-refractivity contribution < 1.29 is 23.1 Å². The summed E-state index contributed by atoms with van der Waals surface area (Å²) in [6, 6.07) is 2.85. The van der Waals surface area contributed by atoms with Gasteiger partial charge in [-0.15, -0.1) is 0 Å². The number of halogens is 3. The van der Waals surface area contributed by atoms with Crippen LogP contribution < -0.4 is 0 Å². The smallest absolute Gasteiger partial charge is 0.434 e. The predicted molar refractivity (Wildman–Crippen MR) is 58.0 cm³/mol. The summed E-state index contributed by atoms with van der Waals surface area (Å²) in [6.45, 7) is 0. The number of alkyl halides is 3. The van der Waals surface area contributed by atoms with Crippen molar-refractivity contribution in [2.24, 2.45) is 0 Å². The molecule has 0 aromatic carbocycles. The molecule has 9 heteroatoms. The molecule has 6 nitrogen and oxygen atoms in total. The van der Waals surface area contributed by atoms with E-state index in [1.54, 1.807) is 6.07 Å². The fraction of sp³-hybridized carbons (Fsp3) is 0.0909. The van der Waals surface area contributed by atoms with E-state index in [4.69, 9.17) is 10.4 Å². The molecule has 2 heterocycles. The number of carboxylic acids is 1. The second kappa shape index (κ2) is 4.65. The van der Waals surface area contributed by atoms with Crippen LogP contribution in [0.4, 0.5) is 13.2 Å². The highest BCUT2D eigenvalue weighted by Crippen LogP contribution is 2.33. The minimum Gasteiger partial charge on any atom is -0.478 e. The Hall–Kier alpha value is -2.89. The normalized spacial score (nSPS) is 11.1. The molecule has 20 heavy (non-hydrogen) atoms. The van der Waals surface area contributed by atoms with E-state index in [9.17, 15) is 18.0 Å². The van der Waals surface area contributed by atoms with E-state index in [0.717, 1.165) is 12.3 Å². The van der Waals surface area contributed by atoms with Crippen LogP contribution in [0.25, 0.3) is 5.69 Å². The summed E-state index contributed by atoms with van der Waals surface area (Å²) in [6.07, 6.45) is -2.09. The van der Waals surface area contributed by atoms with Crippen molar-refractivity contribution >= 4 is 5.97 Å². The molecule has 2 aromatic rings. The minimum atomic E-state index is -4.91. The van der Waals surface area contributed by atoms with Gasteiger partial charge in [0, 0.05) is 6.20 Å². The van der Waals surface area contributed by atoms with E-state index >= 15 is 0 Å². The van der Waals surface area contributed by atoms with Gasteiger partial charge in [0.2, 0.25) is 0 Å². The van der Waals surface area contributed by atoms with Crippen LogP contribution in [0.5, 0.6) is 0 Å². The Morgan fingerprint density at radius 3 is 2.60 bits per heavy atom. The molecule has 0 aliphatic carbocycles. The van der Waals surface area contributed by atoms with E-state index in [1.165, 1.54) is 6.20 Å². The maximum atomic E-state index is 13.0. The van der Waals surface area contributed by atoms with Gasteiger partial charge in [0.1, 0.15) is 11.6 Å². The number of nitriles is 1. The molecule has 0 bridgehead atoms. The largest absolute Gasteiger partial charge is 0.478 e. The molecule has 1 N–H and O–H groups in total. The second-order valence-electron chi connectivity index (χ2n) is 3.67. The molecule has 0 atom stereocenters. The number of hydrogen-bond acceptors (Lipinski definition) is 4. The lowest BCUT2D eigenvalue weighted by Crippen LogP contribution is -2.17. The van der Waals surface area contributed by atoms with Gasteiger partial charge in [0.25, 0.3) is 0 Å². The molecule has 0 saturated carbocycles. The molecule has 0 saturated heterocycles. The fourth-order valence-electron chi connectivity index (χ4n) is 1.58. The molecule has 102 valence electrons. The quantitative estimate of drug-likeness (QED) is 0.907. The third-order valence-electron chi connectivity index (χ3n) is 2.37. The average Bonchev–Trinajstić information content (AvgIpc) is 2.83. The summed E-state index contributed by atoms with van der Waals surface area (Å²) in [5, 5.41) is 20.9. The number of pyridine rings is 1. The van der Waals surface area contributed by atoms with Gasteiger partial charge in [-0.05, 0) is 6.07 Å². The molecular weight excluding hydrogens is 277 g/mol. The Balaban J connectivity index is 2.69. The summed E-state index contributed by atoms with van der Waals surface area (Å²) in [5.74, 6) is -1.74. The predicted octanol–water partition coefficient (Wildman–Crippen LogP) is 1.86. The fourth-order valence-corrected chi connectivity index (χ4v) is 1.58. The molecule has 0 spiro atoms. The topological polar surface area (TPSA) is 91.8 Å². The first kappa shape index (κ1) is 13.5. The first-order chi connectivity index (χ1) is 9.34. The van der Waals surface area contributed by atoms with Crippen LogP contribution in [0.1, 0.15) is 21.6 Å². The van der Waals surface area contributed by atoms with Crippen LogP contribution in [0.15, 0.2) is 24.7 Å². The zero-order valence-electron chi connectivity index (χ0n) is 9.59. The van der Waals surface area contributed by atoms with Gasteiger partial charge in [-0.1, -0.05) is 0 Å². The Labute approximate surface area is 109 Å². The van der Waals surface area contributed by atoms with E-state index < -0.39 is 23.4 Å². The van der Waals surface area contributed by atoms with Crippen LogP contribution in [0.3, 0.4) is 0 Å². The third kappa shape index (κ3) is 2.31. The summed E-state index contributed by atoms with van der Waals surface area (Å²) >= 11 is 0. The highest BCUT2D eigenvalue weighted by molar-refractivity contribution is 5.89. The van der Waals surface area contributed by atoms with E-state index in [1.807, 2.05) is 0 Å². The first-order valence-corrected chi connectivity index (χ1v) is 5.08. The lowest BCUT2D eigenvalue weighted by Gasteiger charge is -2.11. The highest BCUT2D eigenvalue weighted by Gasteiger charge is 2.40. The SMILES string of the molecule is N#Cc1cncc(-n2ncc(C(=O)O)c2C(F)(F)F)c1. The number of carboxylic acid groups (broad SMARTS) is 1. The molecule has 0 aliphatic heterocycles. The van der Waals surface area contributed by atoms with Crippen molar-refractivity contribution in [3.8, 4) is 11.8 Å². The van der Waals surface area contributed by atoms with Gasteiger partial charge < -0.3 is 5.11 Å². The summed E-state index contributed by atoms with van der Waals surface area (Å²) < 4.78 is 39.3. The lowest BCUT2D eigenvalue weighted by atomic mass is 10.2. The van der Waals surface area contributed by atoms with Gasteiger partial charge in [-0.25, -0.2) is 9.48 Å². The number of nitrogens with zero attached hydrogens (tertiary/aromatic N) is 4. The monoisotopic (exact) mass is 282 g/mol. The summed E-state index contributed by atoms with van der Waals surface area (Å²) in [5.41, 5.74) is -2.52. The first-order valence-electron chi connectivity index (χ1n) is 5.08. The average molecular weight is 282 g/mol. The molecular formula is C11H5F3N4O2. The van der Waals surface area contributed by atoms with E-state index in [-0.39, 0.29) is 11.3 Å². The van der Waals surface area contributed by atoms with Crippen LogP contribution in [0.2, 0.25) is 0 Å². The van der Waals surface area contributed by atoms with Crippen molar-refractivity contribution in [1.82, 2.24) is 14.8 Å². The van der Waals surface area contributed by atoms with Gasteiger partial charge in [0.05, 0.1) is 23.6 Å². The van der Waals surface area contributed by atoms with Crippen LogP contribution >= 0.6 is 0 Å². The van der Waals surface area contributed by atoms with Crippen molar-refractivity contribution in [2.45, 2.75) is 6.18 Å². The van der Waals surface area contributed by atoms with Crippen molar-refractivity contribution in [2.75, 3.05) is 0 Å². The molecule has 2 rings (SSSR count). The zero-order chi connectivity index (χ0) is 14.9. The molecule has 0 aliphatic rings. The Morgan fingerprint density at radius 1 is 1.35 bits per heavy atom. The number of hydrogen-bond donors (Lipinski definition) is 1. The van der Waals surface area contributed by atoms with Crippen LogP contribution in [-0.2, 0) is 6.18 Å². The van der Waals surface area contributed by atoms with Crippen molar-refractivity contribution in [3.63, 3.8) is 0 Å². The molecule has 0 fully saturated rings. The number of carbonyl (C=O) groups is 1. The van der Waals surface area contributed by atoms with Crippen LogP contribution in [-0.4, -0.2) is 25.8 Å². The molecule has 2 aromatic heterocycles. The van der Waals surface area contributed by atoms with Crippen molar-refractivity contribution in [3.05, 3.63) is 41.5 Å². The number of aromatic carboxylic acids is 1. The van der Waals surface area contributed by atoms with Crippen LogP contribution in [0, 0.1) is 11.3 Å². The Morgan fingerprint density at radius 2 is 2.05 bits per heavy atom. The van der Waals surface area contributed by atoms with Gasteiger partial charge in [-0.2, -0.15) is 23.5 Å².